The van der Waals surface area contributed by atoms with E-state index in [-0.39, 0.29) is 22.8 Å². The fourth-order valence-electron chi connectivity index (χ4n) is 2.28. The van der Waals surface area contributed by atoms with Gasteiger partial charge in [0, 0.05) is 13.2 Å². The SMILES string of the molecule is COCCOc1cc(NS(=O)(=O)c2ccccc2C(=O)OC)ccc1OC. The molecule has 0 spiro atoms. The molecule has 0 aliphatic carbocycles. The van der Waals surface area contributed by atoms with E-state index in [1.807, 2.05) is 0 Å². The van der Waals surface area contributed by atoms with E-state index in [4.69, 9.17) is 14.2 Å². The van der Waals surface area contributed by atoms with Gasteiger partial charge in [-0.1, -0.05) is 12.1 Å². The van der Waals surface area contributed by atoms with E-state index in [1.54, 1.807) is 19.2 Å². The molecule has 146 valence electrons. The Morgan fingerprint density at radius 2 is 1.74 bits per heavy atom. The summed E-state index contributed by atoms with van der Waals surface area (Å²) in [7, 11) is 0.181. The first kappa shape index (κ1) is 20.5. The van der Waals surface area contributed by atoms with Crippen LogP contribution in [-0.2, 0) is 19.5 Å². The number of esters is 1. The van der Waals surface area contributed by atoms with Gasteiger partial charge in [-0.05, 0) is 24.3 Å². The van der Waals surface area contributed by atoms with Crippen LogP contribution in [0.15, 0.2) is 47.4 Å². The molecule has 2 rings (SSSR count). The number of sulfonamides is 1. The number of rotatable bonds is 9. The average Bonchev–Trinajstić information content (AvgIpc) is 2.67. The van der Waals surface area contributed by atoms with Gasteiger partial charge in [-0.2, -0.15) is 0 Å². The Bertz CT molecular complexity index is 896. The highest BCUT2D eigenvalue weighted by atomic mass is 32.2. The highest BCUT2D eigenvalue weighted by Crippen LogP contribution is 2.31. The van der Waals surface area contributed by atoms with E-state index < -0.39 is 16.0 Å². The van der Waals surface area contributed by atoms with Gasteiger partial charge in [-0.25, -0.2) is 13.2 Å². The van der Waals surface area contributed by atoms with Crippen molar-refractivity contribution in [2.75, 3.05) is 39.3 Å². The number of benzene rings is 2. The van der Waals surface area contributed by atoms with E-state index in [0.717, 1.165) is 0 Å². The Labute approximate surface area is 158 Å². The Kier molecular flexibility index (Phi) is 7.03. The summed E-state index contributed by atoms with van der Waals surface area (Å²) in [6, 6.07) is 10.4. The van der Waals surface area contributed by atoms with E-state index in [9.17, 15) is 13.2 Å². The minimum absolute atomic E-state index is 0.0578. The van der Waals surface area contributed by atoms with E-state index in [0.29, 0.717) is 18.1 Å². The lowest BCUT2D eigenvalue weighted by atomic mass is 10.2. The van der Waals surface area contributed by atoms with Crippen LogP contribution in [0.2, 0.25) is 0 Å². The third kappa shape index (κ3) is 5.11. The zero-order valence-electron chi connectivity index (χ0n) is 15.2. The maximum absolute atomic E-state index is 12.8. The number of anilines is 1. The van der Waals surface area contributed by atoms with Gasteiger partial charge >= 0.3 is 5.97 Å². The van der Waals surface area contributed by atoms with Crippen LogP contribution in [0.4, 0.5) is 5.69 Å². The van der Waals surface area contributed by atoms with Crippen LogP contribution in [-0.4, -0.2) is 48.9 Å². The molecule has 8 nitrogen and oxygen atoms in total. The van der Waals surface area contributed by atoms with E-state index in [1.165, 1.54) is 44.6 Å². The van der Waals surface area contributed by atoms with Crippen LogP contribution in [0, 0.1) is 0 Å². The zero-order chi connectivity index (χ0) is 19.9. The first-order valence-electron chi connectivity index (χ1n) is 7.93. The largest absolute Gasteiger partial charge is 0.493 e. The van der Waals surface area contributed by atoms with Gasteiger partial charge < -0.3 is 18.9 Å². The van der Waals surface area contributed by atoms with Crippen molar-refractivity contribution in [1.29, 1.82) is 0 Å². The Morgan fingerprint density at radius 1 is 1.00 bits per heavy atom. The van der Waals surface area contributed by atoms with Crippen molar-refractivity contribution < 1.29 is 32.2 Å². The highest BCUT2D eigenvalue weighted by molar-refractivity contribution is 7.92. The van der Waals surface area contributed by atoms with Crippen LogP contribution < -0.4 is 14.2 Å². The molecule has 0 fully saturated rings. The van der Waals surface area contributed by atoms with Gasteiger partial charge in [0.25, 0.3) is 10.0 Å². The maximum atomic E-state index is 12.8. The molecule has 0 amide bonds. The summed E-state index contributed by atoms with van der Waals surface area (Å²) in [5.74, 6) is 0.0642. The van der Waals surface area contributed by atoms with Crippen molar-refractivity contribution in [2.45, 2.75) is 4.90 Å². The summed E-state index contributed by atoms with van der Waals surface area (Å²) in [6.07, 6.45) is 0. The predicted octanol–water partition coefficient (Wildman–Crippen LogP) is 2.31. The van der Waals surface area contributed by atoms with Crippen molar-refractivity contribution in [1.82, 2.24) is 0 Å². The number of carbonyl (C=O) groups excluding carboxylic acids is 1. The van der Waals surface area contributed by atoms with Crippen LogP contribution in [0.5, 0.6) is 11.5 Å². The molecule has 2 aromatic carbocycles. The van der Waals surface area contributed by atoms with Crippen LogP contribution in [0.25, 0.3) is 0 Å². The van der Waals surface area contributed by atoms with Crippen LogP contribution >= 0.6 is 0 Å². The normalized spacial score (nSPS) is 10.9. The molecule has 0 aromatic heterocycles. The van der Waals surface area contributed by atoms with E-state index in [2.05, 4.69) is 9.46 Å². The van der Waals surface area contributed by atoms with Gasteiger partial charge in [-0.3, -0.25) is 4.72 Å². The fraction of sp³-hybridized carbons (Fsp3) is 0.278. The van der Waals surface area contributed by atoms with Gasteiger partial charge in [0.15, 0.2) is 11.5 Å². The lowest BCUT2D eigenvalue weighted by Crippen LogP contribution is -2.17. The molecule has 1 N–H and O–H groups in total. The number of hydrogen-bond donors (Lipinski definition) is 1. The Balaban J connectivity index is 2.33. The predicted molar refractivity (Wildman–Crippen MR) is 99.0 cm³/mol. The lowest BCUT2D eigenvalue weighted by Gasteiger charge is -2.14. The number of methoxy groups -OCH3 is 3. The summed E-state index contributed by atoms with van der Waals surface area (Å²) < 4.78 is 48.3. The van der Waals surface area contributed by atoms with Crippen molar-refractivity contribution in [3.8, 4) is 11.5 Å². The molecule has 27 heavy (non-hydrogen) atoms. The summed E-state index contributed by atoms with van der Waals surface area (Å²) in [4.78, 5) is 11.7. The molecule has 0 unspecified atom stereocenters. The molecular weight excluding hydrogens is 374 g/mol. The van der Waals surface area contributed by atoms with Crippen molar-refractivity contribution in [2.24, 2.45) is 0 Å². The second-order valence-electron chi connectivity index (χ2n) is 5.30. The second-order valence-corrected chi connectivity index (χ2v) is 6.95. The molecule has 0 atom stereocenters. The summed E-state index contributed by atoms with van der Waals surface area (Å²) >= 11 is 0. The van der Waals surface area contributed by atoms with Gasteiger partial charge in [-0.15, -0.1) is 0 Å². The molecular formula is C18H21NO7S. The monoisotopic (exact) mass is 395 g/mol. The molecule has 0 radical (unpaired) electrons. The molecule has 0 bridgehead atoms. The van der Waals surface area contributed by atoms with Gasteiger partial charge in [0.05, 0.1) is 32.1 Å². The fourth-order valence-corrected chi connectivity index (χ4v) is 3.52. The van der Waals surface area contributed by atoms with Gasteiger partial charge in [0.2, 0.25) is 0 Å². The topological polar surface area (TPSA) is 100 Å². The number of ether oxygens (including phenoxy) is 4. The van der Waals surface area contributed by atoms with Crippen LogP contribution in [0.1, 0.15) is 10.4 Å². The maximum Gasteiger partial charge on any atom is 0.339 e. The molecule has 0 heterocycles. The highest BCUT2D eigenvalue weighted by Gasteiger charge is 2.23. The number of hydrogen-bond acceptors (Lipinski definition) is 7. The first-order chi connectivity index (χ1) is 12.9. The Hall–Kier alpha value is -2.78. The van der Waals surface area contributed by atoms with E-state index >= 15 is 0 Å². The summed E-state index contributed by atoms with van der Waals surface area (Å²) in [5, 5.41) is 0. The quantitative estimate of drug-likeness (QED) is 0.514. The average molecular weight is 395 g/mol. The zero-order valence-corrected chi connectivity index (χ0v) is 16.0. The standard InChI is InChI=1S/C18H21NO7S/c1-23-10-11-26-16-12-13(8-9-15(16)24-2)19-27(21,22)17-7-5-4-6-14(17)18(20)25-3/h4-9,12,19H,10-11H2,1-3H3. The summed E-state index contributed by atoms with van der Waals surface area (Å²) in [5.41, 5.74) is 0.195. The third-order valence-electron chi connectivity index (χ3n) is 3.54. The second kappa shape index (κ2) is 9.24. The number of carbonyl (C=O) groups is 1. The summed E-state index contributed by atoms with van der Waals surface area (Å²) in [6.45, 7) is 0.639. The molecule has 2 aromatic rings. The van der Waals surface area contributed by atoms with Crippen molar-refractivity contribution in [3.63, 3.8) is 0 Å². The van der Waals surface area contributed by atoms with Crippen LogP contribution in [0.3, 0.4) is 0 Å². The first-order valence-corrected chi connectivity index (χ1v) is 9.41. The number of nitrogens with one attached hydrogen (secondary N) is 1. The molecule has 0 aliphatic rings. The van der Waals surface area contributed by atoms with Gasteiger partial charge in [0.1, 0.15) is 11.5 Å². The Morgan fingerprint density at radius 3 is 2.41 bits per heavy atom. The molecule has 0 aliphatic heterocycles. The minimum Gasteiger partial charge on any atom is -0.493 e. The molecule has 0 saturated carbocycles. The lowest BCUT2D eigenvalue weighted by molar-refractivity contribution is 0.0596. The molecule has 9 heteroatoms. The van der Waals surface area contributed by atoms with Crippen molar-refractivity contribution >= 4 is 21.7 Å². The smallest absolute Gasteiger partial charge is 0.339 e. The molecule has 0 saturated heterocycles. The third-order valence-corrected chi connectivity index (χ3v) is 4.98. The van der Waals surface area contributed by atoms with Crippen molar-refractivity contribution in [3.05, 3.63) is 48.0 Å². The minimum atomic E-state index is -4.03.